The number of aromatic nitrogens is 1. The summed E-state index contributed by atoms with van der Waals surface area (Å²) in [6.45, 7) is 5.78. The first-order valence-electron chi connectivity index (χ1n) is 7.33. The van der Waals surface area contributed by atoms with Crippen LogP contribution >= 0.6 is 0 Å². The van der Waals surface area contributed by atoms with Crippen molar-refractivity contribution in [3.63, 3.8) is 0 Å². The molecule has 1 heterocycles. The zero-order valence-electron chi connectivity index (χ0n) is 13.0. The van der Waals surface area contributed by atoms with Gasteiger partial charge in [-0.25, -0.2) is 4.98 Å². The molecule has 5 heteroatoms. The number of carbonyl (C=O) groups excluding carboxylic acids is 2. The monoisotopic (exact) mass is 309 g/mol. The fourth-order valence-electron chi connectivity index (χ4n) is 2.04. The molecule has 1 aromatic heterocycles. The van der Waals surface area contributed by atoms with Crippen molar-refractivity contribution in [2.24, 2.45) is 0 Å². The van der Waals surface area contributed by atoms with E-state index < -0.39 is 0 Å². The fraction of sp³-hybridized carbons (Fsp3) is 0.167. The SMILES string of the molecule is C=CCNC(=O)c1cccc(C(=O)NC(C)c2ccccc2)n1. The minimum atomic E-state index is -0.337. The molecule has 0 saturated carbocycles. The zero-order chi connectivity index (χ0) is 16.7. The molecule has 0 aliphatic rings. The minimum Gasteiger partial charge on any atom is -0.347 e. The molecule has 0 fully saturated rings. The van der Waals surface area contributed by atoms with Crippen molar-refractivity contribution in [3.8, 4) is 0 Å². The van der Waals surface area contributed by atoms with Crippen LogP contribution in [0.15, 0.2) is 61.2 Å². The van der Waals surface area contributed by atoms with Crippen LogP contribution in [0.5, 0.6) is 0 Å². The number of hydrogen-bond donors (Lipinski definition) is 2. The van der Waals surface area contributed by atoms with E-state index >= 15 is 0 Å². The van der Waals surface area contributed by atoms with Crippen molar-refractivity contribution in [2.75, 3.05) is 6.54 Å². The second-order valence-electron chi connectivity index (χ2n) is 5.01. The normalized spacial score (nSPS) is 11.3. The van der Waals surface area contributed by atoms with Gasteiger partial charge in [-0.05, 0) is 24.6 Å². The lowest BCUT2D eigenvalue weighted by atomic mass is 10.1. The summed E-state index contributed by atoms with van der Waals surface area (Å²) in [6, 6.07) is 14.3. The van der Waals surface area contributed by atoms with Crippen LogP contribution in [0.2, 0.25) is 0 Å². The van der Waals surface area contributed by atoms with Crippen LogP contribution in [-0.4, -0.2) is 23.3 Å². The molecule has 0 aliphatic carbocycles. The predicted octanol–water partition coefficient (Wildman–Crippen LogP) is 2.49. The molecule has 1 aromatic carbocycles. The van der Waals surface area contributed by atoms with Crippen LogP contribution < -0.4 is 10.6 Å². The maximum atomic E-state index is 12.3. The lowest BCUT2D eigenvalue weighted by Crippen LogP contribution is -2.29. The Morgan fingerprint density at radius 3 is 2.39 bits per heavy atom. The largest absolute Gasteiger partial charge is 0.347 e. The quantitative estimate of drug-likeness (QED) is 0.805. The Bertz CT molecular complexity index is 698. The van der Waals surface area contributed by atoms with Gasteiger partial charge in [0, 0.05) is 6.54 Å². The van der Waals surface area contributed by atoms with Crippen LogP contribution in [0, 0.1) is 0 Å². The fourth-order valence-corrected chi connectivity index (χ4v) is 2.04. The first-order valence-corrected chi connectivity index (χ1v) is 7.33. The van der Waals surface area contributed by atoms with E-state index in [-0.39, 0.29) is 29.2 Å². The molecule has 5 nitrogen and oxygen atoms in total. The lowest BCUT2D eigenvalue weighted by molar-refractivity contribution is 0.0934. The van der Waals surface area contributed by atoms with E-state index in [9.17, 15) is 9.59 Å². The predicted molar refractivity (Wildman–Crippen MR) is 89.1 cm³/mol. The summed E-state index contributed by atoms with van der Waals surface area (Å²) < 4.78 is 0. The Hall–Kier alpha value is -2.95. The first kappa shape index (κ1) is 16.4. The Morgan fingerprint density at radius 2 is 1.74 bits per heavy atom. The van der Waals surface area contributed by atoms with Crippen molar-refractivity contribution >= 4 is 11.8 Å². The van der Waals surface area contributed by atoms with Crippen molar-refractivity contribution in [1.29, 1.82) is 0 Å². The number of nitrogens with one attached hydrogen (secondary N) is 2. The number of carbonyl (C=O) groups is 2. The van der Waals surface area contributed by atoms with Crippen molar-refractivity contribution in [1.82, 2.24) is 15.6 Å². The molecular weight excluding hydrogens is 290 g/mol. The average Bonchev–Trinajstić information content (AvgIpc) is 2.60. The van der Waals surface area contributed by atoms with E-state index in [4.69, 9.17) is 0 Å². The van der Waals surface area contributed by atoms with Gasteiger partial charge in [-0.1, -0.05) is 42.5 Å². The second kappa shape index (κ2) is 7.89. The third kappa shape index (κ3) is 4.51. The molecule has 2 rings (SSSR count). The smallest absolute Gasteiger partial charge is 0.270 e. The Kier molecular flexibility index (Phi) is 5.63. The van der Waals surface area contributed by atoms with Crippen LogP contribution in [0.1, 0.15) is 39.5 Å². The molecule has 1 atom stereocenters. The van der Waals surface area contributed by atoms with Crippen LogP contribution in [0.25, 0.3) is 0 Å². The molecule has 2 amide bonds. The number of hydrogen-bond acceptors (Lipinski definition) is 3. The molecule has 2 aromatic rings. The molecular formula is C18H19N3O2. The van der Waals surface area contributed by atoms with E-state index in [1.165, 1.54) is 0 Å². The van der Waals surface area contributed by atoms with Gasteiger partial charge in [-0.2, -0.15) is 0 Å². The third-order valence-electron chi connectivity index (χ3n) is 3.27. The van der Waals surface area contributed by atoms with Gasteiger partial charge >= 0.3 is 0 Å². The second-order valence-corrected chi connectivity index (χ2v) is 5.01. The first-order chi connectivity index (χ1) is 11.1. The van der Waals surface area contributed by atoms with Crippen LogP contribution in [-0.2, 0) is 0 Å². The summed E-state index contributed by atoms with van der Waals surface area (Å²) in [5, 5.41) is 5.50. The van der Waals surface area contributed by atoms with Gasteiger partial charge in [0.15, 0.2) is 0 Å². The Labute approximate surface area is 135 Å². The number of amides is 2. The maximum Gasteiger partial charge on any atom is 0.270 e. The number of rotatable bonds is 6. The van der Waals surface area contributed by atoms with Crippen molar-refractivity contribution < 1.29 is 9.59 Å². The van der Waals surface area contributed by atoms with E-state index in [2.05, 4.69) is 22.2 Å². The maximum absolute atomic E-state index is 12.3. The van der Waals surface area contributed by atoms with E-state index in [0.29, 0.717) is 6.54 Å². The van der Waals surface area contributed by atoms with Gasteiger partial charge in [-0.15, -0.1) is 6.58 Å². The van der Waals surface area contributed by atoms with Crippen LogP contribution in [0.4, 0.5) is 0 Å². The Morgan fingerprint density at radius 1 is 1.09 bits per heavy atom. The van der Waals surface area contributed by atoms with Crippen LogP contribution in [0.3, 0.4) is 0 Å². The molecule has 0 aliphatic heterocycles. The van der Waals surface area contributed by atoms with Gasteiger partial charge in [0.2, 0.25) is 0 Å². The number of benzene rings is 1. The van der Waals surface area contributed by atoms with E-state index in [0.717, 1.165) is 5.56 Å². The highest BCUT2D eigenvalue weighted by Gasteiger charge is 2.14. The minimum absolute atomic E-state index is 0.149. The highest BCUT2D eigenvalue weighted by Crippen LogP contribution is 2.12. The van der Waals surface area contributed by atoms with Crippen molar-refractivity contribution in [3.05, 3.63) is 78.1 Å². The lowest BCUT2D eigenvalue weighted by Gasteiger charge is -2.14. The number of pyridine rings is 1. The van der Waals surface area contributed by atoms with E-state index in [1.807, 2.05) is 37.3 Å². The van der Waals surface area contributed by atoms with Gasteiger partial charge < -0.3 is 10.6 Å². The summed E-state index contributed by atoms with van der Waals surface area (Å²) in [4.78, 5) is 28.3. The molecule has 23 heavy (non-hydrogen) atoms. The molecule has 118 valence electrons. The Balaban J connectivity index is 2.07. The summed E-state index contributed by atoms with van der Waals surface area (Å²) in [5.74, 6) is -0.657. The molecule has 0 bridgehead atoms. The number of nitrogens with zero attached hydrogens (tertiary/aromatic N) is 1. The zero-order valence-corrected chi connectivity index (χ0v) is 13.0. The topological polar surface area (TPSA) is 71.1 Å². The molecule has 1 unspecified atom stereocenters. The van der Waals surface area contributed by atoms with Gasteiger partial charge in [-0.3, -0.25) is 9.59 Å². The highest BCUT2D eigenvalue weighted by molar-refractivity contribution is 5.96. The molecule has 0 saturated heterocycles. The molecule has 2 N–H and O–H groups in total. The summed E-state index contributed by atoms with van der Waals surface area (Å²) >= 11 is 0. The molecule has 0 spiro atoms. The van der Waals surface area contributed by atoms with Gasteiger partial charge in [0.1, 0.15) is 11.4 Å². The van der Waals surface area contributed by atoms with Gasteiger partial charge in [0.25, 0.3) is 11.8 Å². The third-order valence-corrected chi connectivity index (χ3v) is 3.27. The standard InChI is InChI=1S/C18H19N3O2/c1-3-12-19-17(22)15-10-7-11-16(21-15)18(23)20-13(2)14-8-5-4-6-9-14/h3-11,13H,1,12H2,2H3,(H,19,22)(H,20,23). The summed E-state index contributed by atoms with van der Waals surface area (Å²) in [6.07, 6.45) is 1.58. The van der Waals surface area contributed by atoms with Gasteiger partial charge in [0.05, 0.1) is 6.04 Å². The highest BCUT2D eigenvalue weighted by atomic mass is 16.2. The van der Waals surface area contributed by atoms with Crippen molar-refractivity contribution in [2.45, 2.75) is 13.0 Å². The summed E-state index contributed by atoms with van der Waals surface area (Å²) in [5.41, 5.74) is 1.41. The average molecular weight is 309 g/mol. The summed E-state index contributed by atoms with van der Waals surface area (Å²) in [7, 11) is 0. The van der Waals surface area contributed by atoms with E-state index in [1.54, 1.807) is 24.3 Å². The molecule has 0 radical (unpaired) electrons.